The number of hydrogen-bond acceptors (Lipinski definition) is 2. The van der Waals surface area contributed by atoms with Gasteiger partial charge >= 0.3 is 0 Å². The van der Waals surface area contributed by atoms with E-state index in [-0.39, 0.29) is 5.82 Å². The summed E-state index contributed by atoms with van der Waals surface area (Å²) in [4.78, 5) is 2.28. The summed E-state index contributed by atoms with van der Waals surface area (Å²) in [5, 5.41) is 3.38. The average molecular weight is 224 g/mol. The molecule has 0 spiro atoms. The molecule has 0 unspecified atom stereocenters. The number of nitrogens with zero attached hydrogens (tertiary/aromatic N) is 1. The Labute approximate surface area is 97.5 Å². The van der Waals surface area contributed by atoms with Crippen LogP contribution in [0.5, 0.6) is 0 Å². The highest BCUT2D eigenvalue weighted by atomic mass is 19.1. The number of halogens is 1. The van der Waals surface area contributed by atoms with Gasteiger partial charge in [-0.3, -0.25) is 0 Å². The average Bonchev–Trinajstić information content (AvgIpc) is 2.32. The smallest absolute Gasteiger partial charge is 0.123 e. The number of benzene rings is 1. The minimum Gasteiger partial charge on any atom is -0.369 e. The van der Waals surface area contributed by atoms with Crippen LogP contribution in [0.4, 0.5) is 10.1 Å². The molecular formula is C13H21FN2. The normalized spacial score (nSPS) is 20.0. The molecule has 0 amide bonds. The SMILES string of the molecule is CC.C[C@H]1CN(c2ccc(F)cc2)CCN1. The molecule has 1 N–H and O–H groups in total. The van der Waals surface area contributed by atoms with Crippen molar-refractivity contribution in [3.8, 4) is 0 Å². The summed E-state index contributed by atoms with van der Waals surface area (Å²) in [6.45, 7) is 9.15. The molecule has 1 heterocycles. The van der Waals surface area contributed by atoms with Crippen molar-refractivity contribution >= 4 is 5.69 Å². The Balaban J connectivity index is 0.000000606. The maximum atomic E-state index is 12.7. The zero-order chi connectivity index (χ0) is 12.0. The number of piperazine rings is 1. The monoisotopic (exact) mass is 224 g/mol. The van der Waals surface area contributed by atoms with Gasteiger partial charge in [0.1, 0.15) is 5.82 Å². The second-order valence-electron chi connectivity index (χ2n) is 3.78. The van der Waals surface area contributed by atoms with Gasteiger partial charge in [-0.15, -0.1) is 0 Å². The van der Waals surface area contributed by atoms with Crippen LogP contribution in [0.15, 0.2) is 24.3 Å². The maximum Gasteiger partial charge on any atom is 0.123 e. The molecular weight excluding hydrogens is 203 g/mol. The van der Waals surface area contributed by atoms with Gasteiger partial charge in [0, 0.05) is 31.4 Å². The van der Waals surface area contributed by atoms with Crippen LogP contribution in [0, 0.1) is 5.82 Å². The van der Waals surface area contributed by atoms with E-state index in [0.29, 0.717) is 6.04 Å². The standard InChI is InChI=1S/C11H15FN2.C2H6/c1-9-8-14(7-6-13-9)11-4-2-10(12)3-5-11;1-2/h2-5,9,13H,6-8H2,1H3;1-2H3/t9-;/m0./s1. The first kappa shape index (κ1) is 13.0. The molecule has 16 heavy (non-hydrogen) atoms. The third-order valence-corrected chi connectivity index (χ3v) is 2.56. The fourth-order valence-corrected chi connectivity index (χ4v) is 1.82. The van der Waals surface area contributed by atoms with Crippen LogP contribution in [0.2, 0.25) is 0 Å². The van der Waals surface area contributed by atoms with Gasteiger partial charge in [0.15, 0.2) is 0 Å². The Kier molecular flexibility index (Phi) is 5.26. The Bertz CT molecular complexity index is 297. The first-order valence-corrected chi connectivity index (χ1v) is 5.99. The highest BCUT2D eigenvalue weighted by molar-refractivity contribution is 5.46. The molecule has 0 saturated carbocycles. The molecule has 90 valence electrons. The van der Waals surface area contributed by atoms with Crippen molar-refractivity contribution < 1.29 is 4.39 Å². The minimum atomic E-state index is -0.170. The van der Waals surface area contributed by atoms with Crippen LogP contribution in [-0.4, -0.2) is 25.7 Å². The predicted molar refractivity (Wildman–Crippen MR) is 67.4 cm³/mol. The lowest BCUT2D eigenvalue weighted by Gasteiger charge is -2.33. The van der Waals surface area contributed by atoms with Crippen LogP contribution in [0.3, 0.4) is 0 Å². The van der Waals surface area contributed by atoms with Gasteiger partial charge in [-0.2, -0.15) is 0 Å². The van der Waals surface area contributed by atoms with Gasteiger partial charge in [0.05, 0.1) is 0 Å². The molecule has 1 atom stereocenters. The topological polar surface area (TPSA) is 15.3 Å². The van der Waals surface area contributed by atoms with Crippen molar-refractivity contribution in [2.75, 3.05) is 24.5 Å². The van der Waals surface area contributed by atoms with Crippen molar-refractivity contribution in [1.29, 1.82) is 0 Å². The van der Waals surface area contributed by atoms with Gasteiger partial charge in [0.2, 0.25) is 0 Å². The second-order valence-corrected chi connectivity index (χ2v) is 3.78. The van der Waals surface area contributed by atoms with E-state index in [1.807, 2.05) is 26.0 Å². The van der Waals surface area contributed by atoms with E-state index in [9.17, 15) is 4.39 Å². The van der Waals surface area contributed by atoms with Gasteiger partial charge in [-0.05, 0) is 31.2 Å². The molecule has 1 aliphatic rings. The lowest BCUT2D eigenvalue weighted by atomic mass is 10.2. The maximum absolute atomic E-state index is 12.7. The highest BCUT2D eigenvalue weighted by Gasteiger charge is 2.15. The van der Waals surface area contributed by atoms with Crippen molar-refractivity contribution in [1.82, 2.24) is 5.32 Å². The number of hydrogen-bond donors (Lipinski definition) is 1. The zero-order valence-electron chi connectivity index (χ0n) is 10.3. The Hall–Kier alpha value is -1.09. The summed E-state index contributed by atoms with van der Waals surface area (Å²) in [5.74, 6) is -0.170. The molecule has 0 aromatic heterocycles. The van der Waals surface area contributed by atoms with Crippen LogP contribution in [0.25, 0.3) is 0 Å². The Morgan fingerprint density at radius 3 is 2.44 bits per heavy atom. The van der Waals surface area contributed by atoms with E-state index in [1.165, 1.54) is 12.1 Å². The summed E-state index contributed by atoms with van der Waals surface area (Å²) in [6, 6.07) is 7.22. The van der Waals surface area contributed by atoms with Crippen molar-refractivity contribution in [3.05, 3.63) is 30.1 Å². The third kappa shape index (κ3) is 3.49. The minimum absolute atomic E-state index is 0.170. The molecule has 1 aromatic rings. The van der Waals surface area contributed by atoms with Crippen LogP contribution in [0.1, 0.15) is 20.8 Å². The highest BCUT2D eigenvalue weighted by Crippen LogP contribution is 2.16. The molecule has 1 saturated heterocycles. The molecule has 0 radical (unpaired) electrons. The summed E-state index contributed by atoms with van der Waals surface area (Å²) in [7, 11) is 0. The summed E-state index contributed by atoms with van der Waals surface area (Å²) < 4.78 is 12.7. The first-order valence-electron chi connectivity index (χ1n) is 5.99. The predicted octanol–water partition coefficient (Wildman–Crippen LogP) is 2.65. The molecule has 0 aliphatic carbocycles. The van der Waals surface area contributed by atoms with E-state index in [1.54, 1.807) is 0 Å². The van der Waals surface area contributed by atoms with Crippen molar-refractivity contribution in [3.63, 3.8) is 0 Å². The van der Waals surface area contributed by atoms with Crippen LogP contribution >= 0.6 is 0 Å². The van der Waals surface area contributed by atoms with E-state index < -0.39 is 0 Å². The van der Waals surface area contributed by atoms with Gasteiger partial charge in [-0.1, -0.05) is 13.8 Å². The van der Waals surface area contributed by atoms with Crippen LogP contribution in [-0.2, 0) is 0 Å². The quantitative estimate of drug-likeness (QED) is 0.789. The number of rotatable bonds is 1. The third-order valence-electron chi connectivity index (χ3n) is 2.56. The van der Waals surface area contributed by atoms with Gasteiger partial charge in [0.25, 0.3) is 0 Å². The van der Waals surface area contributed by atoms with Crippen molar-refractivity contribution in [2.24, 2.45) is 0 Å². The lowest BCUT2D eigenvalue weighted by Crippen LogP contribution is -2.49. The summed E-state index contributed by atoms with van der Waals surface area (Å²) in [5.41, 5.74) is 1.11. The number of nitrogens with one attached hydrogen (secondary N) is 1. The summed E-state index contributed by atoms with van der Waals surface area (Å²) >= 11 is 0. The summed E-state index contributed by atoms with van der Waals surface area (Å²) in [6.07, 6.45) is 0. The Morgan fingerprint density at radius 1 is 1.25 bits per heavy atom. The van der Waals surface area contributed by atoms with Gasteiger partial charge < -0.3 is 10.2 Å². The lowest BCUT2D eigenvalue weighted by molar-refractivity contribution is 0.484. The van der Waals surface area contributed by atoms with Crippen LogP contribution < -0.4 is 10.2 Å². The Morgan fingerprint density at radius 2 is 1.88 bits per heavy atom. The van der Waals surface area contributed by atoms with E-state index in [4.69, 9.17) is 0 Å². The fraction of sp³-hybridized carbons (Fsp3) is 0.538. The van der Waals surface area contributed by atoms with Crippen molar-refractivity contribution in [2.45, 2.75) is 26.8 Å². The van der Waals surface area contributed by atoms with Gasteiger partial charge in [-0.25, -0.2) is 4.39 Å². The molecule has 0 bridgehead atoms. The fourth-order valence-electron chi connectivity index (χ4n) is 1.82. The van der Waals surface area contributed by atoms with E-state index >= 15 is 0 Å². The molecule has 2 nitrogen and oxygen atoms in total. The second kappa shape index (κ2) is 6.48. The molecule has 1 aromatic carbocycles. The molecule has 2 rings (SSSR count). The largest absolute Gasteiger partial charge is 0.369 e. The van der Waals surface area contributed by atoms with E-state index in [2.05, 4.69) is 17.1 Å². The van der Waals surface area contributed by atoms with E-state index in [0.717, 1.165) is 25.3 Å². The molecule has 3 heteroatoms. The zero-order valence-corrected chi connectivity index (χ0v) is 10.3. The number of anilines is 1. The molecule has 1 fully saturated rings. The molecule has 1 aliphatic heterocycles. The first-order chi connectivity index (χ1) is 7.75.